The third-order valence-corrected chi connectivity index (χ3v) is 5.35. The Kier molecular flexibility index (Phi) is 5.24. The molecular weight excluding hydrogens is 374 g/mol. The van der Waals surface area contributed by atoms with Gasteiger partial charge in [0, 0.05) is 16.7 Å². The lowest BCUT2D eigenvalue weighted by Gasteiger charge is -2.17. The summed E-state index contributed by atoms with van der Waals surface area (Å²) in [6, 6.07) is 6.26. The molecule has 0 radical (unpaired) electrons. The zero-order valence-corrected chi connectivity index (χ0v) is 14.3. The van der Waals surface area contributed by atoms with Crippen molar-refractivity contribution in [2.45, 2.75) is 12.2 Å². The average Bonchev–Trinajstić information content (AvgIpc) is 2.54. The first-order valence-electron chi connectivity index (χ1n) is 6.77. The van der Waals surface area contributed by atoms with Crippen molar-refractivity contribution < 1.29 is 23.2 Å². The zero-order valence-electron chi connectivity index (χ0n) is 12.7. The molecule has 0 spiro atoms. The number of carboxylic acids is 1. The number of benzene rings is 1. The highest BCUT2D eigenvalue weighted by Crippen LogP contribution is 2.32. The van der Waals surface area contributed by atoms with Crippen LogP contribution in [0, 0.1) is 10.1 Å². The second-order valence-electron chi connectivity index (χ2n) is 4.95. The van der Waals surface area contributed by atoms with Gasteiger partial charge in [0.2, 0.25) is 10.0 Å². The Morgan fingerprint density at radius 2 is 2.04 bits per heavy atom. The number of sulfonamides is 1. The van der Waals surface area contributed by atoms with Gasteiger partial charge in [-0.15, -0.1) is 0 Å². The Morgan fingerprint density at radius 1 is 1.36 bits per heavy atom. The topological polar surface area (TPSA) is 140 Å². The number of carboxylic acid groups (broad SMARTS) is 1. The summed E-state index contributed by atoms with van der Waals surface area (Å²) in [5.74, 6) is -1.45. The van der Waals surface area contributed by atoms with Gasteiger partial charge in [0.25, 0.3) is 5.69 Å². The van der Waals surface area contributed by atoms with E-state index in [-0.39, 0.29) is 27.7 Å². The molecule has 0 saturated heterocycles. The van der Waals surface area contributed by atoms with Crippen LogP contribution in [0.2, 0.25) is 5.02 Å². The van der Waals surface area contributed by atoms with Crippen LogP contribution in [0.1, 0.15) is 28.1 Å². The van der Waals surface area contributed by atoms with Crippen molar-refractivity contribution in [3.8, 4) is 0 Å². The molecule has 1 aromatic carbocycles. The number of anilines is 1. The largest absolute Gasteiger partial charge is 0.478 e. The number of hydrogen-bond donors (Lipinski definition) is 2. The summed E-state index contributed by atoms with van der Waals surface area (Å²) in [6.45, 7) is 1.28. The lowest BCUT2D eigenvalue weighted by atomic mass is 10.1. The summed E-state index contributed by atoms with van der Waals surface area (Å²) in [4.78, 5) is 24.9. The van der Waals surface area contributed by atoms with E-state index in [1.165, 1.54) is 25.1 Å². The molecule has 9 nitrogen and oxygen atoms in total. The van der Waals surface area contributed by atoms with E-state index in [0.29, 0.717) is 0 Å². The van der Waals surface area contributed by atoms with Gasteiger partial charge in [0.1, 0.15) is 17.3 Å². The number of nitrogens with one attached hydrogen (secondary N) is 1. The van der Waals surface area contributed by atoms with Crippen LogP contribution in [0.4, 0.5) is 11.5 Å². The van der Waals surface area contributed by atoms with Crippen molar-refractivity contribution in [2.75, 3.05) is 4.72 Å². The van der Waals surface area contributed by atoms with Crippen molar-refractivity contribution in [1.82, 2.24) is 4.98 Å². The van der Waals surface area contributed by atoms with E-state index in [0.717, 1.165) is 18.3 Å². The molecule has 0 saturated carbocycles. The number of nitro groups is 1. The maximum atomic E-state index is 12.5. The van der Waals surface area contributed by atoms with Gasteiger partial charge in [0.05, 0.1) is 10.5 Å². The SMILES string of the molecule is CC(c1c(Cl)cccc1C(=O)O)S(=O)(=O)Nc1ccc([N+](=O)[O-])cn1. The molecule has 2 rings (SSSR count). The van der Waals surface area contributed by atoms with Crippen molar-refractivity contribution >= 4 is 39.1 Å². The highest BCUT2D eigenvalue weighted by atomic mass is 35.5. The molecule has 0 fully saturated rings. The van der Waals surface area contributed by atoms with Crippen LogP contribution in [0.5, 0.6) is 0 Å². The smallest absolute Gasteiger partial charge is 0.336 e. The molecule has 0 aliphatic heterocycles. The average molecular weight is 386 g/mol. The first-order chi connectivity index (χ1) is 11.6. The maximum Gasteiger partial charge on any atom is 0.336 e. The van der Waals surface area contributed by atoms with Gasteiger partial charge < -0.3 is 5.11 Å². The number of aromatic nitrogens is 1. The molecule has 0 amide bonds. The number of pyridine rings is 1. The van der Waals surface area contributed by atoms with Crippen molar-refractivity contribution in [2.24, 2.45) is 0 Å². The Hall–Kier alpha value is -2.72. The minimum Gasteiger partial charge on any atom is -0.478 e. The van der Waals surface area contributed by atoms with E-state index in [1.54, 1.807) is 0 Å². The summed E-state index contributed by atoms with van der Waals surface area (Å²) < 4.78 is 27.2. The monoisotopic (exact) mass is 385 g/mol. The normalized spacial score (nSPS) is 12.4. The van der Waals surface area contributed by atoms with Crippen LogP contribution in [0.25, 0.3) is 0 Å². The third kappa shape index (κ3) is 4.03. The third-order valence-electron chi connectivity index (χ3n) is 3.36. The fourth-order valence-electron chi connectivity index (χ4n) is 2.08. The second-order valence-corrected chi connectivity index (χ2v) is 7.36. The quantitative estimate of drug-likeness (QED) is 0.575. The molecule has 1 unspecified atom stereocenters. The van der Waals surface area contributed by atoms with Crippen LogP contribution in [0.3, 0.4) is 0 Å². The highest BCUT2D eigenvalue weighted by molar-refractivity contribution is 7.92. The predicted molar refractivity (Wildman–Crippen MR) is 90.3 cm³/mol. The molecule has 0 bridgehead atoms. The van der Waals surface area contributed by atoms with Crippen LogP contribution < -0.4 is 4.72 Å². The summed E-state index contributed by atoms with van der Waals surface area (Å²) in [7, 11) is -4.11. The first-order valence-corrected chi connectivity index (χ1v) is 8.69. The summed E-state index contributed by atoms with van der Waals surface area (Å²) in [6.07, 6.45) is 0.903. The van der Waals surface area contributed by atoms with Gasteiger partial charge >= 0.3 is 5.97 Å². The Morgan fingerprint density at radius 3 is 2.56 bits per heavy atom. The number of nitrogens with zero attached hydrogens (tertiary/aromatic N) is 2. The minimum absolute atomic E-state index is 0.00515. The zero-order chi connectivity index (χ0) is 18.8. The first kappa shape index (κ1) is 18.6. The van der Waals surface area contributed by atoms with Crippen LogP contribution in [-0.2, 0) is 10.0 Å². The molecule has 132 valence electrons. The van der Waals surface area contributed by atoms with E-state index in [1.807, 2.05) is 0 Å². The lowest BCUT2D eigenvalue weighted by molar-refractivity contribution is -0.385. The number of carbonyl (C=O) groups is 1. The molecule has 1 heterocycles. The molecule has 0 aliphatic carbocycles. The van der Waals surface area contributed by atoms with Gasteiger partial charge in [0.15, 0.2) is 0 Å². The summed E-state index contributed by atoms with van der Waals surface area (Å²) in [5.41, 5.74) is -0.594. The van der Waals surface area contributed by atoms with Crippen molar-refractivity contribution in [1.29, 1.82) is 0 Å². The van der Waals surface area contributed by atoms with Gasteiger partial charge in [-0.05, 0) is 25.1 Å². The molecule has 11 heteroatoms. The van der Waals surface area contributed by atoms with Crippen molar-refractivity contribution in [3.05, 3.63) is 62.8 Å². The highest BCUT2D eigenvalue weighted by Gasteiger charge is 2.29. The van der Waals surface area contributed by atoms with Gasteiger partial charge in [-0.2, -0.15) is 0 Å². The molecule has 1 atom stereocenters. The Balaban J connectivity index is 2.37. The van der Waals surface area contributed by atoms with Crippen LogP contribution in [0.15, 0.2) is 36.5 Å². The van der Waals surface area contributed by atoms with E-state index in [4.69, 9.17) is 11.6 Å². The van der Waals surface area contributed by atoms with Crippen LogP contribution in [-0.4, -0.2) is 29.4 Å². The molecular formula is C14H12ClN3O6S. The number of halogens is 1. The van der Waals surface area contributed by atoms with E-state index < -0.39 is 26.2 Å². The van der Waals surface area contributed by atoms with E-state index >= 15 is 0 Å². The van der Waals surface area contributed by atoms with E-state index in [2.05, 4.69) is 9.71 Å². The second kappa shape index (κ2) is 7.03. The predicted octanol–water partition coefficient (Wildman–Crippen LogP) is 2.84. The van der Waals surface area contributed by atoms with Crippen LogP contribution >= 0.6 is 11.6 Å². The van der Waals surface area contributed by atoms with Gasteiger partial charge in [-0.3, -0.25) is 14.8 Å². The molecule has 0 aliphatic rings. The molecule has 2 N–H and O–H groups in total. The summed E-state index contributed by atoms with van der Waals surface area (Å²) >= 11 is 5.99. The fourth-order valence-corrected chi connectivity index (χ4v) is 3.64. The van der Waals surface area contributed by atoms with E-state index in [9.17, 15) is 28.4 Å². The molecule has 1 aromatic heterocycles. The molecule has 25 heavy (non-hydrogen) atoms. The fraction of sp³-hybridized carbons (Fsp3) is 0.143. The van der Waals surface area contributed by atoms with Gasteiger partial charge in [-0.25, -0.2) is 18.2 Å². The van der Waals surface area contributed by atoms with Gasteiger partial charge in [-0.1, -0.05) is 17.7 Å². The van der Waals surface area contributed by atoms with Crippen molar-refractivity contribution in [3.63, 3.8) is 0 Å². The lowest BCUT2D eigenvalue weighted by Crippen LogP contribution is -2.22. The number of hydrogen-bond acceptors (Lipinski definition) is 6. The number of rotatable bonds is 6. The standard InChI is InChI=1S/C14H12ClN3O6S/c1-8(13-10(14(19)20)3-2-4-11(13)15)25(23,24)17-12-6-5-9(7-16-12)18(21)22/h2-8H,1H3,(H,16,17)(H,19,20). The Bertz CT molecular complexity index is 930. The summed E-state index contributed by atoms with van der Waals surface area (Å²) in [5, 5.41) is 18.5. The Labute approximate surface area is 147 Å². The molecule has 2 aromatic rings. The number of aromatic carboxylic acids is 1. The maximum absolute atomic E-state index is 12.5. The minimum atomic E-state index is -4.11.